The summed E-state index contributed by atoms with van der Waals surface area (Å²) in [6.45, 7) is 5.76. The predicted octanol–water partition coefficient (Wildman–Crippen LogP) is 3.52. The molecule has 1 N–H and O–H groups in total. The van der Waals surface area contributed by atoms with E-state index in [0.29, 0.717) is 0 Å². The fourth-order valence-electron chi connectivity index (χ4n) is 2.21. The van der Waals surface area contributed by atoms with Crippen molar-refractivity contribution in [3.8, 4) is 0 Å². The standard InChI is InChI=1S/C13H15ClO/c1-9(2)13(15)8-7-12(13)10-3-5-11(14)6-4-10/h3-6,12,15H,1,7-8H2,2H3/t12-,13+/m1/s1. The summed E-state index contributed by atoms with van der Waals surface area (Å²) in [5.74, 6) is 0.187. The highest BCUT2D eigenvalue weighted by Crippen LogP contribution is 2.49. The maximum absolute atomic E-state index is 10.3. The molecule has 1 saturated carbocycles. The fraction of sp³-hybridized carbons (Fsp3) is 0.385. The van der Waals surface area contributed by atoms with E-state index in [1.807, 2.05) is 31.2 Å². The molecule has 1 aromatic rings. The van der Waals surface area contributed by atoms with Crippen LogP contribution in [0, 0.1) is 0 Å². The Morgan fingerprint density at radius 2 is 2.07 bits per heavy atom. The molecule has 0 aliphatic heterocycles. The van der Waals surface area contributed by atoms with E-state index in [1.165, 1.54) is 0 Å². The second kappa shape index (κ2) is 3.66. The van der Waals surface area contributed by atoms with Crippen molar-refractivity contribution in [3.05, 3.63) is 47.0 Å². The molecule has 0 unspecified atom stereocenters. The molecule has 0 saturated heterocycles. The van der Waals surface area contributed by atoms with E-state index >= 15 is 0 Å². The lowest BCUT2D eigenvalue weighted by molar-refractivity contribution is -0.0232. The molecular weight excluding hydrogens is 208 g/mol. The molecule has 1 nitrogen and oxygen atoms in total. The molecule has 0 radical (unpaired) electrons. The van der Waals surface area contributed by atoms with Crippen molar-refractivity contribution in [2.24, 2.45) is 0 Å². The van der Waals surface area contributed by atoms with Gasteiger partial charge in [-0.2, -0.15) is 0 Å². The maximum Gasteiger partial charge on any atom is 0.0919 e. The van der Waals surface area contributed by atoms with Gasteiger partial charge in [0.25, 0.3) is 0 Å². The Balaban J connectivity index is 2.26. The van der Waals surface area contributed by atoms with Crippen LogP contribution in [-0.4, -0.2) is 10.7 Å². The minimum Gasteiger partial charge on any atom is -0.385 e. The second-order valence-corrected chi connectivity index (χ2v) is 4.78. The van der Waals surface area contributed by atoms with Gasteiger partial charge < -0.3 is 5.11 Å². The van der Waals surface area contributed by atoms with Crippen LogP contribution in [0.1, 0.15) is 31.2 Å². The molecular formula is C13H15ClO. The summed E-state index contributed by atoms with van der Waals surface area (Å²) in [4.78, 5) is 0. The average molecular weight is 223 g/mol. The van der Waals surface area contributed by atoms with Crippen molar-refractivity contribution in [3.63, 3.8) is 0 Å². The third-order valence-electron chi connectivity index (χ3n) is 3.40. The van der Waals surface area contributed by atoms with Crippen LogP contribution in [-0.2, 0) is 0 Å². The summed E-state index contributed by atoms with van der Waals surface area (Å²) < 4.78 is 0. The Morgan fingerprint density at radius 3 is 2.47 bits per heavy atom. The van der Waals surface area contributed by atoms with Crippen molar-refractivity contribution in [1.29, 1.82) is 0 Å². The van der Waals surface area contributed by atoms with Gasteiger partial charge in [0, 0.05) is 10.9 Å². The summed E-state index contributed by atoms with van der Waals surface area (Å²) in [6, 6.07) is 7.71. The number of aliphatic hydroxyl groups is 1. The van der Waals surface area contributed by atoms with Gasteiger partial charge in [-0.05, 0) is 43.0 Å². The third kappa shape index (κ3) is 1.70. The van der Waals surface area contributed by atoms with Gasteiger partial charge in [0.05, 0.1) is 5.60 Å². The molecule has 0 aromatic heterocycles. The average Bonchev–Trinajstić information content (AvgIpc) is 2.18. The minimum absolute atomic E-state index is 0.187. The van der Waals surface area contributed by atoms with Gasteiger partial charge in [0.15, 0.2) is 0 Å². The Morgan fingerprint density at radius 1 is 1.47 bits per heavy atom. The molecule has 0 bridgehead atoms. The highest BCUT2D eigenvalue weighted by atomic mass is 35.5. The summed E-state index contributed by atoms with van der Waals surface area (Å²) in [6.07, 6.45) is 1.83. The van der Waals surface area contributed by atoms with Gasteiger partial charge in [-0.25, -0.2) is 0 Å². The van der Waals surface area contributed by atoms with Gasteiger partial charge in [-0.3, -0.25) is 0 Å². The molecule has 0 heterocycles. The zero-order valence-electron chi connectivity index (χ0n) is 8.83. The van der Waals surface area contributed by atoms with Crippen LogP contribution in [0.25, 0.3) is 0 Å². The maximum atomic E-state index is 10.3. The van der Waals surface area contributed by atoms with Crippen molar-refractivity contribution in [2.45, 2.75) is 31.3 Å². The summed E-state index contributed by atoms with van der Waals surface area (Å²) in [5, 5.41) is 11.1. The Bertz CT molecular complexity index is 382. The van der Waals surface area contributed by atoms with Crippen LogP contribution < -0.4 is 0 Å². The summed E-state index contributed by atoms with van der Waals surface area (Å²) in [5.41, 5.74) is 1.30. The van der Waals surface area contributed by atoms with Gasteiger partial charge in [-0.15, -0.1) is 0 Å². The molecule has 1 aliphatic carbocycles. The van der Waals surface area contributed by atoms with Crippen molar-refractivity contribution < 1.29 is 5.11 Å². The fourth-order valence-corrected chi connectivity index (χ4v) is 2.34. The molecule has 2 atom stereocenters. The van der Waals surface area contributed by atoms with Gasteiger partial charge in [0.1, 0.15) is 0 Å². The van der Waals surface area contributed by atoms with E-state index < -0.39 is 5.60 Å². The van der Waals surface area contributed by atoms with Gasteiger partial charge in [0.2, 0.25) is 0 Å². The summed E-state index contributed by atoms with van der Waals surface area (Å²) >= 11 is 5.83. The van der Waals surface area contributed by atoms with E-state index in [2.05, 4.69) is 6.58 Å². The molecule has 80 valence electrons. The van der Waals surface area contributed by atoms with E-state index in [4.69, 9.17) is 11.6 Å². The number of hydrogen-bond acceptors (Lipinski definition) is 1. The third-order valence-corrected chi connectivity index (χ3v) is 3.65. The smallest absolute Gasteiger partial charge is 0.0919 e. The van der Waals surface area contributed by atoms with Crippen LogP contribution in [0.5, 0.6) is 0 Å². The van der Waals surface area contributed by atoms with E-state index in [9.17, 15) is 5.11 Å². The second-order valence-electron chi connectivity index (χ2n) is 4.35. The Hall–Kier alpha value is -0.790. The largest absolute Gasteiger partial charge is 0.385 e. The molecule has 2 rings (SSSR count). The lowest BCUT2D eigenvalue weighted by atomic mass is 9.63. The molecule has 1 aliphatic rings. The highest BCUT2D eigenvalue weighted by Gasteiger charge is 2.46. The number of hydrogen-bond donors (Lipinski definition) is 1. The monoisotopic (exact) mass is 222 g/mol. The highest BCUT2D eigenvalue weighted by molar-refractivity contribution is 6.30. The van der Waals surface area contributed by atoms with Crippen molar-refractivity contribution in [2.75, 3.05) is 0 Å². The van der Waals surface area contributed by atoms with E-state index in [1.54, 1.807) is 0 Å². The van der Waals surface area contributed by atoms with Crippen molar-refractivity contribution in [1.82, 2.24) is 0 Å². The topological polar surface area (TPSA) is 20.2 Å². The number of halogens is 1. The van der Waals surface area contributed by atoms with Crippen LogP contribution in [0.4, 0.5) is 0 Å². The normalized spacial score (nSPS) is 29.7. The molecule has 2 heteroatoms. The minimum atomic E-state index is -0.701. The molecule has 15 heavy (non-hydrogen) atoms. The molecule has 1 fully saturated rings. The molecule has 0 spiro atoms. The zero-order chi connectivity index (χ0) is 11.1. The molecule has 1 aromatic carbocycles. The first-order chi connectivity index (χ1) is 7.04. The SMILES string of the molecule is C=C(C)[C@@]1(O)CC[C@@H]1c1ccc(Cl)cc1. The van der Waals surface area contributed by atoms with Gasteiger partial charge >= 0.3 is 0 Å². The number of benzene rings is 1. The first-order valence-corrected chi connectivity index (χ1v) is 5.55. The number of rotatable bonds is 2. The quantitative estimate of drug-likeness (QED) is 0.760. The van der Waals surface area contributed by atoms with Gasteiger partial charge in [-0.1, -0.05) is 30.3 Å². The lowest BCUT2D eigenvalue weighted by Crippen LogP contribution is -2.45. The first kappa shape index (κ1) is 10.7. The lowest BCUT2D eigenvalue weighted by Gasteiger charge is -2.46. The zero-order valence-corrected chi connectivity index (χ0v) is 9.59. The Kier molecular flexibility index (Phi) is 2.61. The Labute approximate surface area is 95.4 Å². The van der Waals surface area contributed by atoms with Crippen LogP contribution in [0.15, 0.2) is 36.4 Å². The van der Waals surface area contributed by atoms with E-state index in [-0.39, 0.29) is 5.92 Å². The van der Waals surface area contributed by atoms with E-state index in [0.717, 1.165) is 29.0 Å². The molecule has 0 amide bonds. The summed E-state index contributed by atoms with van der Waals surface area (Å²) in [7, 11) is 0. The first-order valence-electron chi connectivity index (χ1n) is 5.18. The van der Waals surface area contributed by atoms with Crippen LogP contribution in [0.2, 0.25) is 5.02 Å². The van der Waals surface area contributed by atoms with Crippen LogP contribution in [0.3, 0.4) is 0 Å². The van der Waals surface area contributed by atoms with Crippen molar-refractivity contribution >= 4 is 11.6 Å². The predicted molar refractivity (Wildman–Crippen MR) is 63.2 cm³/mol. The van der Waals surface area contributed by atoms with Crippen LogP contribution >= 0.6 is 11.6 Å².